The zero-order chi connectivity index (χ0) is 19.2. The van der Waals surface area contributed by atoms with Crippen LogP contribution in [0.15, 0.2) is 36.9 Å². The highest BCUT2D eigenvalue weighted by Gasteiger charge is 2.53. The molecule has 1 aromatic carbocycles. The standard InChI is InChI=1S/C19H23N5O2S/c1-13(14-4-6-15(7-5-14)23-12-20-11-21-23)22(3)18(26)16-10-27-19(2)9-8-17(25)24(16)19/h4-7,11-13,16H,8-10H2,1-3H3. The van der Waals surface area contributed by atoms with Crippen LogP contribution in [-0.4, -0.2) is 60.1 Å². The molecule has 2 fully saturated rings. The highest BCUT2D eigenvalue weighted by Crippen LogP contribution is 2.47. The Morgan fingerprint density at radius 3 is 2.78 bits per heavy atom. The summed E-state index contributed by atoms with van der Waals surface area (Å²) < 4.78 is 1.69. The fourth-order valence-corrected chi connectivity index (χ4v) is 5.32. The maximum absolute atomic E-state index is 13.1. The van der Waals surface area contributed by atoms with Crippen LogP contribution in [0, 0.1) is 0 Å². The lowest BCUT2D eigenvalue weighted by molar-refractivity contribution is -0.144. The first-order valence-electron chi connectivity index (χ1n) is 9.08. The van der Waals surface area contributed by atoms with Gasteiger partial charge in [-0.1, -0.05) is 12.1 Å². The number of rotatable bonds is 4. The van der Waals surface area contributed by atoms with Crippen molar-refractivity contribution in [2.24, 2.45) is 0 Å². The molecule has 2 aromatic rings. The van der Waals surface area contributed by atoms with E-state index < -0.39 is 0 Å². The molecule has 0 radical (unpaired) electrons. The first kappa shape index (κ1) is 18.0. The first-order valence-corrected chi connectivity index (χ1v) is 10.1. The van der Waals surface area contributed by atoms with Crippen molar-refractivity contribution < 1.29 is 9.59 Å². The predicted molar refractivity (Wildman–Crippen MR) is 103 cm³/mol. The van der Waals surface area contributed by atoms with Crippen LogP contribution >= 0.6 is 11.8 Å². The van der Waals surface area contributed by atoms with Crippen LogP contribution < -0.4 is 0 Å². The van der Waals surface area contributed by atoms with E-state index in [9.17, 15) is 9.59 Å². The van der Waals surface area contributed by atoms with Gasteiger partial charge < -0.3 is 9.80 Å². The number of likely N-dealkylation sites (N-methyl/N-ethyl adjacent to an activating group) is 1. The average Bonchev–Trinajstić information content (AvgIpc) is 3.38. The van der Waals surface area contributed by atoms with Gasteiger partial charge in [0.05, 0.1) is 16.6 Å². The first-order chi connectivity index (χ1) is 12.9. The van der Waals surface area contributed by atoms with Crippen LogP contribution in [0.1, 0.15) is 38.3 Å². The Bertz CT molecular complexity index is 853. The number of amides is 2. The lowest BCUT2D eigenvalue weighted by Crippen LogP contribution is -2.50. The summed E-state index contributed by atoms with van der Waals surface area (Å²) in [6, 6.07) is 7.48. The van der Waals surface area contributed by atoms with Gasteiger partial charge in [0.2, 0.25) is 11.8 Å². The molecule has 8 heteroatoms. The van der Waals surface area contributed by atoms with E-state index in [1.165, 1.54) is 6.33 Å². The van der Waals surface area contributed by atoms with Crippen LogP contribution in [0.25, 0.3) is 5.69 Å². The van der Waals surface area contributed by atoms with Crippen molar-refractivity contribution >= 4 is 23.6 Å². The fourth-order valence-electron chi connectivity index (χ4n) is 3.90. The second-order valence-electron chi connectivity index (χ2n) is 7.32. The van der Waals surface area contributed by atoms with Gasteiger partial charge >= 0.3 is 0 Å². The molecule has 3 heterocycles. The maximum Gasteiger partial charge on any atom is 0.246 e. The molecule has 142 valence electrons. The molecule has 0 saturated carbocycles. The molecule has 0 N–H and O–H groups in total. The van der Waals surface area contributed by atoms with Gasteiger partial charge in [-0.2, -0.15) is 5.10 Å². The SMILES string of the molecule is CC(c1ccc(-n2cncn2)cc1)N(C)C(=O)C1CSC2(C)CCC(=O)N12. The third kappa shape index (κ3) is 3.01. The fraction of sp³-hybridized carbons (Fsp3) is 0.474. The summed E-state index contributed by atoms with van der Waals surface area (Å²) in [6.45, 7) is 4.08. The van der Waals surface area contributed by atoms with Gasteiger partial charge in [-0.25, -0.2) is 9.67 Å². The summed E-state index contributed by atoms with van der Waals surface area (Å²) in [7, 11) is 1.82. The quantitative estimate of drug-likeness (QED) is 0.807. The maximum atomic E-state index is 13.1. The molecule has 3 atom stereocenters. The highest BCUT2D eigenvalue weighted by molar-refractivity contribution is 8.01. The van der Waals surface area contributed by atoms with E-state index in [0.29, 0.717) is 12.2 Å². The molecule has 0 spiro atoms. The van der Waals surface area contributed by atoms with Gasteiger partial charge in [-0.15, -0.1) is 11.8 Å². The third-order valence-corrected chi connectivity index (χ3v) is 7.22. The molecule has 3 unspecified atom stereocenters. The summed E-state index contributed by atoms with van der Waals surface area (Å²) >= 11 is 1.72. The van der Waals surface area contributed by atoms with Gasteiger partial charge in [0, 0.05) is 19.2 Å². The van der Waals surface area contributed by atoms with Crippen molar-refractivity contribution in [3.05, 3.63) is 42.5 Å². The van der Waals surface area contributed by atoms with Gasteiger partial charge in [0.25, 0.3) is 0 Å². The predicted octanol–water partition coefficient (Wildman–Crippen LogP) is 2.24. The van der Waals surface area contributed by atoms with E-state index in [1.807, 2.05) is 43.1 Å². The summed E-state index contributed by atoms with van der Waals surface area (Å²) in [4.78, 5) is 32.8. The Morgan fingerprint density at radius 1 is 1.37 bits per heavy atom. The van der Waals surface area contributed by atoms with E-state index in [2.05, 4.69) is 17.0 Å². The smallest absolute Gasteiger partial charge is 0.246 e. The zero-order valence-corrected chi connectivity index (χ0v) is 16.5. The number of carbonyl (C=O) groups excluding carboxylic acids is 2. The van der Waals surface area contributed by atoms with Crippen LogP contribution in [0.3, 0.4) is 0 Å². The summed E-state index contributed by atoms with van der Waals surface area (Å²) in [5.74, 6) is 0.775. The summed E-state index contributed by atoms with van der Waals surface area (Å²) in [5.41, 5.74) is 1.96. The van der Waals surface area contributed by atoms with E-state index in [-0.39, 0.29) is 28.8 Å². The molecule has 2 aliphatic rings. The van der Waals surface area contributed by atoms with Crippen molar-refractivity contribution in [2.45, 2.75) is 43.6 Å². The summed E-state index contributed by atoms with van der Waals surface area (Å²) in [5, 5.41) is 4.12. The largest absolute Gasteiger partial charge is 0.337 e. The lowest BCUT2D eigenvalue weighted by Gasteiger charge is -2.34. The van der Waals surface area contributed by atoms with Crippen molar-refractivity contribution in [1.29, 1.82) is 0 Å². The lowest BCUT2D eigenvalue weighted by atomic mass is 10.1. The van der Waals surface area contributed by atoms with Crippen molar-refractivity contribution in [2.75, 3.05) is 12.8 Å². The minimum atomic E-state index is -0.364. The van der Waals surface area contributed by atoms with E-state index in [4.69, 9.17) is 0 Å². The topological polar surface area (TPSA) is 71.3 Å². The van der Waals surface area contributed by atoms with Crippen molar-refractivity contribution in [1.82, 2.24) is 24.6 Å². The second kappa shape index (κ2) is 6.67. The second-order valence-corrected chi connectivity index (χ2v) is 8.82. The number of fused-ring (bicyclic) bond motifs is 1. The molecule has 0 aliphatic carbocycles. The Kier molecular flexibility index (Phi) is 4.46. The molecule has 2 aliphatic heterocycles. The minimum absolute atomic E-state index is 0.00864. The minimum Gasteiger partial charge on any atom is -0.337 e. The molecular weight excluding hydrogens is 362 g/mol. The highest BCUT2D eigenvalue weighted by atomic mass is 32.2. The van der Waals surface area contributed by atoms with Gasteiger partial charge in [0.15, 0.2) is 0 Å². The molecular formula is C19H23N5O2S. The van der Waals surface area contributed by atoms with Crippen LogP contribution in [0.5, 0.6) is 0 Å². The van der Waals surface area contributed by atoms with Crippen molar-refractivity contribution in [3.63, 3.8) is 0 Å². The van der Waals surface area contributed by atoms with Crippen LogP contribution in [0.2, 0.25) is 0 Å². The van der Waals surface area contributed by atoms with E-state index >= 15 is 0 Å². The number of thioether (sulfide) groups is 1. The number of aromatic nitrogens is 3. The molecule has 27 heavy (non-hydrogen) atoms. The van der Waals surface area contributed by atoms with Gasteiger partial charge in [0.1, 0.15) is 18.7 Å². The number of nitrogens with zero attached hydrogens (tertiary/aromatic N) is 5. The Morgan fingerprint density at radius 2 is 2.11 bits per heavy atom. The monoisotopic (exact) mass is 385 g/mol. The zero-order valence-electron chi connectivity index (χ0n) is 15.7. The van der Waals surface area contributed by atoms with Crippen LogP contribution in [0.4, 0.5) is 0 Å². The molecule has 2 amide bonds. The van der Waals surface area contributed by atoms with E-state index in [0.717, 1.165) is 17.7 Å². The Labute approximate surface area is 162 Å². The number of hydrogen-bond acceptors (Lipinski definition) is 5. The van der Waals surface area contributed by atoms with Gasteiger partial charge in [-0.3, -0.25) is 9.59 Å². The molecule has 7 nitrogen and oxygen atoms in total. The third-order valence-electron chi connectivity index (χ3n) is 5.72. The average molecular weight is 385 g/mol. The molecule has 1 aromatic heterocycles. The molecule has 4 rings (SSSR count). The number of benzene rings is 1. The van der Waals surface area contributed by atoms with Crippen molar-refractivity contribution in [3.8, 4) is 5.69 Å². The molecule has 0 bridgehead atoms. The Balaban J connectivity index is 1.49. The number of carbonyl (C=O) groups is 2. The molecule has 2 saturated heterocycles. The Hall–Kier alpha value is -2.35. The van der Waals surface area contributed by atoms with Gasteiger partial charge in [-0.05, 0) is 38.0 Å². The van der Waals surface area contributed by atoms with Crippen LogP contribution in [-0.2, 0) is 9.59 Å². The normalized spacial score (nSPS) is 25.5. The van der Waals surface area contributed by atoms with E-state index in [1.54, 1.807) is 27.7 Å². The number of hydrogen-bond donors (Lipinski definition) is 0. The summed E-state index contributed by atoms with van der Waals surface area (Å²) in [6.07, 6.45) is 4.51.